The summed E-state index contributed by atoms with van der Waals surface area (Å²) in [5.41, 5.74) is 3.45. The molecule has 0 atom stereocenters. The second-order valence-electron chi connectivity index (χ2n) is 4.50. The standard InChI is InChI=1S/C15H13N3O4/c1-10(11-4-3-7-14(19)9-11)16-17-15(20)12-5-2-6-13(8-12)18(21)22/h2-9,19H,1H3,(H,17,20)/b16-10-. The number of non-ortho nitro benzene ring substituents is 1. The minimum atomic E-state index is -0.571. The number of carbonyl (C=O) groups is 1. The number of aromatic hydroxyl groups is 1. The average molecular weight is 299 g/mol. The molecule has 0 radical (unpaired) electrons. The van der Waals surface area contributed by atoms with Crippen molar-refractivity contribution in [3.63, 3.8) is 0 Å². The summed E-state index contributed by atoms with van der Waals surface area (Å²) in [6, 6.07) is 11.8. The SMILES string of the molecule is C/C(=N/NC(=O)c1cccc([N+](=O)[O-])c1)c1cccc(O)c1. The zero-order chi connectivity index (χ0) is 16.1. The Morgan fingerprint density at radius 1 is 1.18 bits per heavy atom. The van der Waals surface area contributed by atoms with Crippen LogP contribution in [0.5, 0.6) is 5.75 Å². The van der Waals surface area contributed by atoms with E-state index in [2.05, 4.69) is 10.5 Å². The van der Waals surface area contributed by atoms with Crippen molar-refractivity contribution in [3.05, 3.63) is 69.8 Å². The first-order valence-corrected chi connectivity index (χ1v) is 6.36. The van der Waals surface area contributed by atoms with Gasteiger partial charge in [0.05, 0.1) is 10.6 Å². The Hall–Kier alpha value is -3.22. The van der Waals surface area contributed by atoms with Gasteiger partial charge in [0.2, 0.25) is 0 Å². The molecule has 0 aliphatic carbocycles. The number of hydrogen-bond acceptors (Lipinski definition) is 5. The lowest BCUT2D eigenvalue weighted by molar-refractivity contribution is -0.384. The second kappa shape index (κ2) is 6.49. The molecule has 0 saturated carbocycles. The number of nitrogens with one attached hydrogen (secondary N) is 1. The van der Waals surface area contributed by atoms with Crippen LogP contribution in [-0.2, 0) is 0 Å². The van der Waals surface area contributed by atoms with Gasteiger partial charge in [-0.3, -0.25) is 14.9 Å². The third kappa shape index (κ3) is 3.66. The first-order valence-electron chi connectivity index (χ1n) is 6.36. The lowest BCUT2D eigenvalue weighted by Gasteiger charge is -2.03. The molecule has 2 aromatic rings. The molecule has 0 saturated heterocycles. The number of hydrogen-bond donors (Lipinski definition) is 2. The topological polar surface area (TPSA) is 105 Å². The minimum absolute atomic E-state index is 0.0945. The van der Waals surface area contributed by atoms with E-state index in [4.69, 9.17) is 0 Å². The van der Waals surface area contributed by atoms with E-state index in [-0.39, 0.29) is 17.0 Å². The van der Waals surface area contributed by atoms with Gasteiger partial charge in [0.25, 0.3) is 11.6 Å². The summed E-state index contributed by atoms with van der Waals surface area (Å²) < 4.78 is 0. The molecule has 0 heterocycles. The Bertz CT molecular complexity index is 756. The maximum absolute atomic E-state index is 11.9. The quantitative estimate of drug-likeness (QED) is 0.514. The van der Waals surface area contributed by atoms with Crippen LogP contribution in [0.4, 0.5) is 5.69 Å². The molecule has 2 aromatic carbocycles. The Balaban J connectivity index is 2.13. The molecular formula is C15H13N3O4. The summed E-state index contributed by atoms with van der Waals surface area (Å²) in [6.45, 7) is 1.67. The maximum Gasteiger partial charge on any atom is 0.271 e. The Morgan fingerprint density at radius 3 is 2.55 bits per heavy atom. The Kier molecular flexibility index (Phi) is 4.47. The predicted molar refractivity (Wildman–Crippen MR) is 80.9 cm³/mol. The lowest BCUT2D eigenvalue weighted by atomic mass is 10.1. The highest BCUT2D eigenvalue weighted by atomic mass is 16.6. The summed E-state index contributed by atoms with van der Waals surface area (Å²) in [5, 5.41) is 24.0. The van der Waals surface area contributed by atoms with Crippen molar-refractivity contribution in [3.8, 4) is 5.75 Å². The number of nitro groups is 1. The van der Waals surface area contributed by atoms with Crippen LogP contribution in [0.15, 0.2) is 53.6 Å². The van der Waals surface area contributed by atoms with E-state index in [1.54, 1.807) is 19.1 Å². The fourth-order valence-corrected chi connectivity index (χ4v) is 1.76. The summed E-state index contributed by atoms with van der Waals surface area (Å²) in [5.74, 6) is -0.458. The number of nitro benzene ring substituents is 1. The smallest absolute Gasteiger partial charge is 0.271 e. The first-order chi connectivity index (χ1) is 10.5. The van der Waals surface area contributed by atoms with Crippen molar-refractivity contribution < 1.29 is 14.8 Å². The van der Waals surface area contributed by atoms with Crippen molar-refractivity contribution in [2.45, 2.75) is 6.92 Å². The molecule has 0 aromatic heterocycles. The highest BCUT2D eigenvalue weighted by Gasteiger charge is 2.11. The van der Waals surface area contributed by atoms with E-state index in [0.717, 1.165) is 0 Å². The van der Waals surface area contributed by atoms with E-state index in [9.17, 15) is 20.0 Å². The lowest BCUT2D eigenvalue weighted by Crippen LogP contribution is -2.19. The fraction of sp³-hybridized carbons (Fsp3) is 0.0667. The number of benzene rings is 2. The Labute approximate surface area is 126 Å². The van der Waals surface area contributed by atoms with E-state index in [1.165, 1.54) is 36.4 Å². The van der Waals surface area contributed by atoms with Crippen molar-refractivity contribution in [2.75, 3.05) is 0 Å². The second-order valence-corrected chi connectivity index (χ2v) is 4.50. The molecule has 22 heavy (non-hydrogen) atoms. The van der Waals surface area contributed by atoms with E-state index < -0.39 is 10.8 Å². The van der Waals surface area contributed by atoms with Gasteiger partial charge in [-0.2, -0.15) is 5.10 Å². The highest BCUT2D eigenvalue weighted by Crippen LogP contribution is 2.13. The van der Waals surface area contributed by atoms with Crippen molar-refractivity contribution in [2.24, 2.45) is 5.10 Å². The molecule has 2 rings (SSSR count). The van der Waals surface area contributed by atoms with Crippen molar-refractivity contribution in [1.29, 1.82) is 0 Å². The normalized spacial score (nSPS) is 11.0. The molecule has 0 fully saturated rings. The molecule has 0 unspecified atom stereocenters. The number of phenols is 1. The number of carbonyl (C=O) groups excluding carboxylic acids is 1. The highest BCUT2D eigenvalue weighted by molar-refractivity contribution is 6.01. The van der Waals surface area contributed by atoms with Gasteiger partial charge >= 0.3 is 0 Å². The minimum Gasteiger partial charge on any atom is -0.508 e. The molecule has 112 valence electrons. The zero-order valence-corrected chi connectivity index (χ0v) is 11.7. The van der Waals surface area contributed by atoms with Crippen LogP contribution in [0.25, 0.3) is 0 Å². The molecule has 7 heteroatoms. The van der Waals surface area contributed by atoms with Crippen LogP contribution in [0.2, 0.25) is 0 Å². The van der Waals surface area contributed by atoms with Crippen LogP contribution in [0.3, 0.4) is 0 Å². The van der Waals surface area contributed by atoms with Crippen molar-refractivity contribution >= 4 is 17.3 Å². The van der Waals surface area contributed by atoms with E-state index in [1.807, 2.05) is 0 Å². The van der Waals surface area contributed by atoms with Crippen LogP contribution < -0.4 is 5.43 Å². The van der Waals surface area contributed by atoms with Gasteiger partial charge in [-0.15, -0.1) is 0 Å². The molecule has 0 aliphatic heterocycles. The van der Waals surface area contributed by atoms with Gasteiger partial charge in [0.15, 0.2) is 0 Å². The Morgan fingerprint density at radius 2 is 1.86 bits per heavy atom. The van der Waals surface area contributed by atoms with Crippen LogP contribution >= 0.6 is 0 Å². The first kappa shape index (κ1) is 15.2. The maximum atomic E-state index is 11.9. The summed E-state index contributed by atoms with van der Waals surface area (Å²) in [4.78, 5) is 22.0. The number of hydrazone groups is 1. The molecule has 0 spiro atoms. The van der Waals surface area contributed by atoms with E-state index >= 15 is 0 Å². The van der Waals surface area contributed by atoms with Gasteiger partial charge in [0, 0.05) is 23.3 Å². The van der Waals surface area contributed by atoms with Gasteiger partial charge in [-0.25, -0.2) is 5.43 Å². The summed E-state index contributed by atoms with van der Waals surface area (Å²) >= 11 is 0. The molecule has 0 aliphatic rings. The average Bonchev–Trinajstić information content (AvgIpc) is 2.52. The van der Waals surface area contributed by atoms with E-state index in [0.29, 0.717) is 11.3 Å². The number of rotatable bonds is 4. The predicted octanol–water partition coefficient (Wildman–Crippen LogP) is 2.45. The van der Waals surface area contributed by atoms with Crippen molar-refractivity contribution in [1.82, 2.24) is 5.43 Å². The fourth-order valence-electron chi connectivity index (χ4n) is 1.76. The number of nitrogens with zero attached hydrogens (tertiary/aromatic N) is 2. The van der Waals surface area contributed by atoms with Gasteiger partial charge in [-0.05, 0) is 25.1 Å². The zero-order valence-electron chi connectivity index (χ0n) is 11.7. The third-order valence-corrected chi connectivity index (χ3v) is 2.91. The number of amides is 1. The van der Waals surface area contributed by atoms with Gasteiger partial charge < -0.3 is 5.11 Å². The monoisotopic (exact) mass is 299 g/mol. The van der Waals surface area contributed by atoms with Crippen LogP contribution in [0, 0.1) is 10.1 Å². The number of phenolic OH excluding ortho intramolecular Hbond substituents is 1. The molecule has 0 bridgehead atoms. The molecular weight excluding hydrogens is 286 g/mol. The van der Waals surface area contributed by atoms with Crippen LogP contribution in [0.1, 0.15) is 22.8 Å². The van der Waals surface area contributed by atoms with Gasteiger partial charge in [-0.1, -0.05) is 18.2 Å². The third-order valence-electron chi connectivity index (χ3n) is 2.91. The molecule has 7 nitrogen and oxygen atoms in total. The molecule has 2 N–H and O–H groups in total. The van der Waals surface area contributed by atoms with Gasteiger partial charge in [0.1, 0.15) is 5.75 Å². The van der Waals surface area contributed by atoms with Crippen LogP contribution in [-0.4, -0.2) is 21.6 Å². The summed E-state index contributed by atoms with van der Waals surface area (Å²) in [7, 11) is 0. The largest absolute Gasteiger partial charge is 0.508 e. The molecule has 1 amide bonds. The summed E-state index contributed by atoms with van der Waals surface area (Å²) in [6.07, 6.45) is 0.